The van der Waals surface area contributed by atoms with Gasteiger partial charge in [0.05, 0.1) is 0 Å². The van der Waals surface area contributed by atoms with Crippen LogP contribution in [-0.2, 0) is 0 Å². The molecule has 1 unspecified atom stereocenters. The third-order valence-electron chi connectivity index (χ3n) is 3.95. The maximum atomic E-state index is 6.17. The molecular weight excluding hydrogens is 279 g/mol. The van der Waals surface area contributed by atoms with Crippen LogP contribution < -0.4 is 5.32 Å². The first-order chi connectivity index (χ1) is 9.11. The van der Waals surface area contributed by atoms with E-state index in [1.54, 1.807) is 6.07 Å². The normalized spacial score (nSPS) is 20.2. The van der Waals surface area contributed by atoms with Crippen LogP contribution >= 0.6 is 23.2 Å². The van der Waals surface area contributed by atoms with Crippen LogP contribution in [0.3, 0.4) is 0 Å². The Balaban J connectivity index is 2.30. The zero-order valence-corrected chi connectivity index (χ0v) is 13.1. The van der Waals surface area contributed by atoms with Crippen molar-refractivity contribution in [3.05, 3.63) is 33.8 Å². The Kier molecular flexibility index (Phi) is 5.52. The SMILES string of the molecule is CCC(C)[C@@H](c1cc(Cl)cc(Cl)c1)N1CCNCC1. The third-order valence-corrected chi connectivity index (χ3v) is 4.39. The summed E-state index contributed by atoms with van der Waals surface area (Å²) >= 11 is 12.3. The van der Waals surface area contributed by atoms with Gasteiger partial charge in [-0.2, -0.15) is 0 Å². The van der Waals surface area contributed by atoms with Crippen LogP contribution in [0.15, 0.2) is 18.2 Å². The van der Waals surface area contributed by atoms with Gasteiger partial charge in [0.25, 0.3) is 0 Å². The smallest absolute Gasteiger partial charge is 0.0424 e. The van der Waals surface area contributed by atoms with Crippen molar-refractivity contribution in [1.29, 1.82) is 0 Å². The average Bonchev–Trinajstić information content (AvgIpc) is 2.39. The molecule has 0 aliphatic carbocycles. The van der Waals surface area contributed by atoms with E-state index in [-0.39, 0.29) is 0 Å². The first kappa shape index (κ1) is 15.1. The molecule has 2 nitrogen and oxygen atoms in total. The number of halogens is 2. The fourth-order valence-corrected chi connectivity index (χ4v) is 3.37. The van der Waals surface area contributed by atoms with E-state index in [9.17, 15) is 0 Å². The number of hydrogen-bond donors (Lipinski definition) is 1. The molecule has 2 atom stereocenters. The molecule has 0 radical (unpaired) electrons. The lowest BCUT2D eigenvalue weighted by Crippen LogP contribution is -2.46. The molecule has 1 saturated heterocycles. The van der Waals surface area contributed by atoms with E-state index in [4.69, 9.17) is 23.2 Å². The molecule has 1 aliphatic rings. The molecule has 1 N–H and O–H groups in total. The lowest BCUT2D eigenvalue weighted by Gasteiger charge is -2.38. The highest BCUT2D eigenvalue weighted by molar-refractivity contribution is 6.34. The molecule has 1 aliphatic heterocycles. The standard InChI is InChI=1S/C15H22Cl2N2/c1-3-11(2)15(19-6-4-18-5-7-19)12-8-13(16)10-14(17)9-12/h8-11,15,18H,3-7H2,1-2H3/t11?,15-/m0/s1. The minimum atomic E-state index is 0.406. The van der Waals surface area contributed by atoms with E-state index in [2.05, 4.69) is 36.2 Å². The van der Waals surface area contributed by atoms with Crippen LogP contribution in [0.5, 0.6) is 0 Å². The van der Waals surface area contributed by atoms with E-state index < -0.39 is 0 Å². The van der Waals surface area contributed by atoms with Crippen LogP contribution in [0.1, 0.15) is 31.9 Å². The Morgan fingerprint density at radius 1 is 1.16 bits per heavy atom. The van der Waals surface area contributed by atoms with Gasteiger partial charge in [-0.15, -0.1) is 0 Å². The summed E-state index contributed by atoms with van der Waals surface area (Å²) < 4.78 is 0. The Morgan fingerprint density at radius 3 is 2.26 bits per heavy atom. The van der Waals surface area contributed by atoms with Crippen LogP contribution in [0, 0.1) is 5.92 Å². The second kappa shape index (κ2) is 6.94. The molecule has 1 aromatic carbocycles. The lowest BCUT2D eigenvalue weighted by molar-refractivity contribution is 0.128. The summed E-state index contributed by atoms with van der Waals surface area (Å²) in [6.45, 7) is 8.83. The minimum Gasteiger partial charge on any atom is -0.314 e. The number of nitrogens with one attached hydrogen (secondary N) is 1. The summed E-state index contributed by atoms with van der Waals surface area (Å²) in [6, 6.07) is 6.33. The fourth-order valence-electron chi connectivity index (χ4n) is 2.83. The molecular formula is C15H22Cl2N2. The van der Waals surface area contributed by atoms with Gasteiger partial charge in [0.2, 0.25) is 0 Å². The highest BCUT2D eigenvalue weighted by atomic mass is 35.5. The predicted octanol–water partition coefficient (Wildman–Crippen LogP) is 3.99. The lowest BCUT2D eigenvalue weighted by atomic mass is 9.90. The maximum Gasteiger partial charge on any atom is 0.0424 e. The van der Waals surface area contributed by atoms with Gasteiger partial charge >= 0.3 is 0 Å². The first-order valence-electron chi connectivity index (χ1n) is 7.02. The van der Waals surface area contributed by atoms with Crippen molar-refractivity contribution < 1.29 is 0 Å². The second-order valence-corrected chi connectivity index (χ2v) is 6.19. The van der Waals surface area contributed by atoms with Gasteiger partial charge in [-0.3, -0.25) is 4.90 Å². The summed E-state index contributed by atoms with van der Waals surface area (Å²) in [5, 5.41) is 4.86. The van der Waals surface area contributed by atoms with E-state index in [1.807, 2.05) is 0 Å². The largest absolute Gasteiger partial charge is 0.314 e. The zero-order valence-electron chi connectivity index (χ0n) is 11.6. The molecule has 1 aromatic rings. The Morgan fingerprint density at radius 2 is 1.74 bits per heavy atom. The molecule has 1 heterocycles. The summed E-state index contributed by atoms with van der Waals surface area (Å²) in [5.74, 6) is 0.590. The summed E-state index contributed by atoms with van der Waals surface area (Å²) in [4.78, 5) is 2.55. The quantitative estimate of drug-likeness (QED) is 0.904. The number of hydrogen-bond acceptors (Lipinski definition) is 2. The van der Waals surface area contributed by atoms with Gasteiger partial charge in [0.1, 0.15) is 0 Å². The third kappa shape index (κ3) is 3.85. The van der Waals surface area contributed by atoms with Gasteiger partial charge in [-0.25, -0.2) is 0 Å². The van der Waals surface area contributed by atoms with Crippen LogP contribution in [0.2, 0.25) is 10.0 Å². The van der Waals surface area contributed by atoms with Crippen molar-refractivity contribution in [2.75, 3.05) is 26.2 Å². The van der Waals surface area contributed by atoms with E-state index in [1.165, 1.54) is 5.56 Å². The number of benzene rings is 1. The maximum absolute atomic E-state index is 6.17. The first-order valence-corrected chi connectivity index (χ1v) is 7.78. The molecule has 0 bridgehead atoms. The summed E-state index contributed by atoms with van der Waals surface area (Å²) in [7, 11) is 0. The molecule has 19 heavy (non-hydrogen) atoms. The average molecular weight is 301 g/mol. The number of rotatable bonds is 4. The second-order valence-electron chi connectivity index (χ2n) is 5.32. The monoisotopic (exact) mass is 300 g/mol. The summed E-state index contributed by atoms with van der Waals surface area (Å²) in [6.07, 6.45) is 1.15. The fraction of sp³-hybridized carbons (Fsp3) is 0.600. The van der Waals surface area contributed by atoms with Gasteiger partial charge in [-0.1, -0.05) is 43.5 Å². The van der Waals surface area contributed by atoms with Gasteiger partial charge in [0.15, 0.2) is 0 Å². The Bertz CT molecular complexity index is 396. The molecule has 0 spiro atoms. The van der Waals surface area contributed by atoms with Crippen LogP contribution in [-0.4, -0.2) is 31.1 Å². The van der Waals surface area contributed by atoms with Gasteiger partial charge in [0, 0.05) is 42.3 Å². The van der Waals surface area contributed by atoms with E-state index >= 15 is 0 Å². The molecule has 2 rings (SSSR count). The van der Waals surface area contributed by atoms with Crippen molar-refractivity contribution >= 4 is 23.2 Å². The molecule has 106 valence electrons. The molecule has 0 saturated carbocycles. The van der Waals surface area contributed by atoms with Crippen molar-refractivity contribution in [2.45, 2.75) is 26.3 Å². The van der Waals surface area contributed by atoms with Gasteiger partial charge in [-0.05, 0) is 29.7 Å². The summed E-state index contributed by atoms with van der Waals surface area (Å²) in [5.41, 5.74) is 1.24. The van der Waals surface area contributed by atoms with E-state index in [0.29, 0.717) is 12.0 Å². The number of piperazine rings is 1. The topological polar surface area (TPSA) is 15.3 Å². The van der Waals surface area contributed by atoms with E-state index in [0.717, 1.165) is 42.6 Å². The Labute approximate surface area is 126 Å². The van der Waals surface area contributed by atoms with Gasteiger partial charge < -0.3 is 5.32 Å². The molecule has 0 amide bonds. The van der Waals surface area contributed by atoms with Crippen molar-refractivity contribution in [2.24, 2.45) is 5.92 Å². The van der Waals surface area contributed by atoms with Crippen molar-refractivity contribution in [1.82, 2.24) is 10.2 Å². The molecule has 0 aromatic heterocycles. The van der Waals surface area contributed by atoms with Crippen molar-refractivity contribution in [3.63, 3.8) is 0 Å². The zero-order chi connectivity index (χ0) is 13.8. The Hall–Kier alpha value is -0.280. The predicted molar refractivity (Wildman–Crippen MR) is 83.1 cm³/mol. The van der Waals surface area contributed by atoms with Crippen molar-refractivity contribution in [3.8, 4) is 0 Å². The molecule has 4 heteroatoms. The highest BCUT2D eigenvalue weighted by Gasteiger charge is 2.26. The van der Waals surface area contributed by atoms with Crippen LogP contribution in [0.25, 0.3) is 0 Å². The number of nitrogens with zero attached hydrogens (tertiary/aromatic N) is 1. The minimum absolute atomic E-state index is 0.406. The van der Waals surface area contributed by atoms with Crippen LogP contribution in [0.4, 0.5) is 0 Å². The highest BCUT2D eigenvalue weighted by Crippen LogP contribution is 2.34. The molecule has 1 fully saturated rings.